The number of aryl methyl sites for hydroxylation is 1. The third kappa shape index (κ3) is 3.75. The van der Waals surface area contributed by atoms with Crippen molar-refractivity contribution < 1.29 is 0 Å². The molecule has 0 saturated heterocycles. The van der Waals surface area contributed by atoms with Crippen LogP contribution in [-0.2, 0) is 13.5 Å². The van der Waals surface area contributed by atoms with Crippen molar-refractivity contribution in [3.63, 3.8) is 0 Å². The van der Waals surface area contributed by atoms with Gasteiger partial charge in [-0.1, -0.05) is 6.42 Å². The summed E-state index contributed by atoms with van der Waals surface area (Å²) >= 11 is 2.03. The molecule has 2 rings (SSSR count). The van der Waals surface area contributed by atoms with E-state index in [4.69, 9.17) is 0 Å². The SMILES string of the molecule is CSC1CCCC(NCCc2ccnn2C)C1. The second kappa shape index (κ2) is 6.45. The largest absolute Gasteiger partial charge is 0.314 e. The molecule has 1 heterocycles. The molecule has 0 amide bonds. The highest BCUT2D eigenvalue weighted by Gasteiger charge is 2.20. The van der Waals surface area contributed by atoms with Crippen molar-refractivity contribution in [1.82, 2.24) is 15.1 Å². The molecule has 0 bridgehead atoms. The van der Waals surface area contributed by atoms with Crippen LogP contribution in [0.2, 0.25) is 0 Å². The Kier molecular flexibility index (Phi) is 4.92. The number of aromatic nitrogens is 2. The Morgan fingerprint density at radius 2 is 2.41 bits per heavy atom. The fourth-order valence-electron chi connectivity index (χ4n) is 2.60. The van der Waals surface area contributed by atoms with Gasteiger partial charge in [0.1, 0.15) is 0 Å². The first-order chi connectivity index (χ1) is 8.29. The molecule has 3 nitrogen and oxygen atoms in total. The maximum absolute atomic E-state index is 4.19. The van der Waals surface area contributed by atoms with Crippen LogP contribution in [0.15, 0.2) is 12.3 Å². The first-order valence-corrected chi connectivity index (χ1v) is 7.81. The Labute approximate surface area is 108 Å². The lowest BCUT2D eigenvalue weighted by molar-refractivity contribution is 0.382. The van der Waals surface area contributed by atoms with Gasteiger partial charge >= 0.3 is 0 Å². The topological polar surface area (TPSA) is 29.9 Å². The Morgan fingerprint density at radius 1 is 1.53 bits per heavy atom. The predicted molar refractivity (Wildman–Crippen MR) is 74.5 cm³/mol. The van der Waals surface area contributed by atoms with Gasteiger partial charge in [0.15, 0.2) is 0 Å². The van der Waals surface area contributed by atoms with Crippen molar-refractivity contribution in [2.45, 2.75) is 43.4 Å². The Balaban J connectivity index is 1.70. The Bertz CT molecular complexity index is 337. The molecule has 1 saturated carbocycles. The Morgan fingerprint density at radius 3 is 3.12 bits per heavy atom. The van der Waals surface area contributed by atoms with Crippen molar-refractivity contribution in [2.75, 3.05) is 12.8 Å². The molecule has 0 radical (unpaired) electrons. The molecule has 4 heteroatoms. The van der Waals surface area contributed by atoms with Gasteiger partial charge in [0, 0.05) is 43.2 Å². The van der Waals surface area contributed by atoms with Crippen molar-refractivity contribution in [3.05, 3.63) is 18.0 Å². The van der Waals surface area contributed by atoms with Crippen LogP contribution in [-0.4, -0.2) is 33.9 Å². The zero-order chi connectivity index (χ0) is 12.1. The van der Waals surface area contributed by atoms with E-state index in [1.54, 1.807) is 0 Å². The molecule has 1 aromatic heterocycles. The summed E-state index contributed by atoms with van der Waals surface area (Å²) in [6.45, 7) is 1.07. The predicted octanol–water partition coefficient (Wildman–Crippen LogP) is 2.23. The maximum atomic E-state index is 4.19. The fraction of sp³-hybridized carbons (Fsp3) is 0.769. The lowest BCUT2D eigenvalue weighted by atomic mass is 9.95. The molecule has 17 heavy (non-hydrogen) atoms. The number of hydrogen-bond donors (Lipinski definition) is 1. The van der Waals surface area contributed by atoms with Crippen LogP contribution in [0.4, 0.5) is 0 Å². The van der Waals surface area contributed by atoms with E-state index >= 15 is 0 Å². The normalized spacial score (nSPS) is 25.1. The average Bonchev–Trinajstić information content (AvgIpc) is 2.76. The molecule has 1 N–H and O–H groups in total. The summed E-state index contributed by atoms with van der Waals surface area (Å²) in [7, 11) is 2.01. The molecule has 1 fully saturated rings. The quantitative estimate of drug-likeness (QED) is 0.872. The minimum Gasteiger partial charge on any atom is -0.314 e. The molecule has 1 aliphatic carbocycles. The van der Waals surface area contributed by atoms with Gasteiger partial charge in [-0.3, -0.25) is 4.68 Å². The molecule has 2 unspecified atom stereocenters. The first kappa shape index (κ1) is 13.0. The first-order valence-electron chi connectivity index (χ1n) is 6.52. The summed E-state index contributed by atoms with van der Waals surface area (Å²) in [6, 6.07) is 2.84. The van der Waals surface area contributed by atoms with E-state index in [1.807, 2.05) is 29.7 Å². The highest BCUT2D eigenvalue weighted by atomic mass is 32.2. The second-order valence-electron chi connectivity index (χ2n) is 4.87. The van der Waals surface area contributed by atoms with Gasteiger partial charge in [-0.2, -0.15) is 16.9 Å². The van der Waals surface area contributed by atoms with Crippen molar-refractivity contribution in [3.8, 4) is 0 Å². The smallest absolute Gasteiger partial charge is 0.0492 e. The molecule has 2 atom stereocenters. The summed E-state index contributed by atoms with van der Waals surface area (Å²) in [5, 5.41) is 8.76. The van der Waals surface area contributed by atoms with Crippen LogP contribution in [0.25, 0.3) is 0 Å². The minimum absolute atomic E-state index is 0.731. The minimum atomic E-state index is 0.731. The third-order valence-electron chi connectivity index (χ3n) is 3.70. The van der Waals surface area contributed by atoms with Crippen LogP contribution in [0, 0.1) is 0 Å². The van der Waals surface area contributed by atoms with Gasteiger partial charge in [-0.25, -0.2) is 0 Å². The lowest BCUT2D eigenvalue weighted by Crippen LogP contribution is -2.36. The van der Waals surface area contributed by atoms with Crippen molar-refractivity contribution in [1.29, 1.82) is 0 Å². The molecular formula is C13H23N3S. The summed E-state index contributed by atoms with van der Waals surface area (Å²) in [6.07, 6.45) is 10.7. The van der Waals surface area contributed by atoms with E-state index in [0.29, 0.717) is 0 Å². The van der Waals surface area contributed by atoms with Gasteiger partial charge in [0.05, 0.1) is 0 Å². The van der Waals surface area contributed by atoms with Gasteiger partial charge in [0.25, 0.3) is 0 Å². The highest BCUT2D eigenvalue weighted by molar-refractivity contribution is 7.99. The number of nitrogens with zero attached hydrogens (tertiary/aromatic N) is 2. The van der Waals surface area contributed by atoms with E-state index in [1.165, 1.54) is 31.4 Å². The van der Waals surface area contributed by atoms with Crippen LogP contribution >= 0.6 is 11.8 Å². The van der Waals surface area contributed by atoms with Crippen molar-refractivity contribution >= 4 is 11.8 Å². The Hall–Kier alpha value is -0.480. The maximum Gasteiger partial charge on any atom is 0.0492 e. The van der Waals surface area contributed by atoms with E-state index in [2.05, 4.69) is 22.7 Å². The van der Waals surface area contributed by atoms with E-state index < -0.39 is 0 Å². The number of thioether (sulfide) groups is 1. The van der Waals surface area contributed by atoms with Crippen LogP contribution in [0.5, 0.6) is 0 Å². The van der Waals surface area contributed by atoms with Gasteiger partial charge in [0.2, 0.25) is 0 Å². The summed E-state index contributed by atoms with van der Waals surface area (Å²) in [4.78, 5) is 0. The standard InChI is InChI=1S/C13H23N3S/c1-16-12(7-9-15-16)6-8-14-11-4-3-5-13(10-11)17-2/h7,9,11,13-14H,3-6,8,10H2,1-2H3. The summed E-state index contributed by atoms with van der Waals surface area (Å²) in [5.41, 5.74) is 1.31. The molecule has 0 aromatic carbocycles. The van der Waals surface area contributed by atoms with E-state index in [-0.39, 0.29) is 0 Å². The fourth-order valence-corrected chi connectivity index (χ4v) is 3.42. The van der Waals surface area contributed by atoms with E-state index in [9.17, 15) is 0 Å². The third-order valence-corrected chi connectivity index (χ3v) is 4.79. The van der Waals surface area contributed by atoms with Crippen LogP contribution in [0.1, 0.15) is 31.4 Å². The number of nitrogens with one attached hydrogen (secondary N) is 1. The molecular weight excluding hydrogens is 230 g/mol. The zero-order valence-corrected chi connectivity index (χ0v) is 11.7. The van der Waals surface area contributed by atoms with Gasteiger partial charge < -0.3 is 5.32 Å². The van der Waals surface area contributed by atoms with Crippen molar-refractivity contribution in [2.24, 2.45) is 7.05 Å². The highest BCUT2D eigenvalue weighted by Crippen LogP contribution is 2.26. The second-order valence-corrected chi connectivity index (χ2v) is 6.01. The van der Waals surface area contributed by atoms with Gasteiger partial charge in [-0.05, 0) is 31.6 Å². The average molecular weight is 253 g/mol. The van der Waals surface area contributed by atoms with Crippen LogP contribution < -0.4 is 5.32 Å². The molecule has 0 aliphatic heterocycles. The monoisotopic (exact) mass is 253 g/mol. The summed E-state index contributed by atoms with van der Waals surface area (Å²) in [5.74, 6) is 0. The number of hydrogen-bond acceptors (Lipinski definition) is 3. The molecule has 1 aliphatic rings. The van der Waals surface area contributed by atoms with Gasteiger partial charge in [-0.15, -0.1) is 0 Å². The molecule has 96 valence electrons. The molecule has 1 aromatic rings. The molecule has 0 spiro atoms. The summed E-state index contributed by atoms with van der Waals surface area (Å²) < 4.78 is 1.97. The lowest BCUT2D eigenvalue weighted by Gasteiger charge is -2.28. The zero-order valence-electron chi connectivity index (χ0n) is 10.9. The van der Waals surface area contributed by atoms with E-state index in [0.717, 1.165) is 24.3 Å². The van der Waals surface area contributed by atoms with Crippen LogP contribution in [0.3, 0.4) is 0 Å². The number of rotatable bonds is 5.